The fraction of sp³-hybridized carbons (Fsp3) is 0.238. The lowest BCUT2D eigenvalue weighted by Gasteiger charge is -2.08. The Morgan fingerprint density at radius 2 is 1.84 bits per heavy atom. The van der Waals surface area contributed by atoms with Crippen molar-refractivity contribution in [2.24, 2.45) is 0 Å². The van der Waals surface area contributed by atoms with Gasteiger partial charge in [-0.3, -0.25) is 4.79 Å². The second-order valence-electron chi connectivity index (χ2n) is 6.31. The number of aryl methyl sites for hydroxylation is 1. The van der Waals surface area contributed by atoms with Gasteiger partial charge in [0.15, 0.2) is 0 Å². The van der Waals surface area contributed by atoms with E-state index in [2.05, 4.69) is 29.5 Å². The van der Waals surface area contributed by atoms with E-state index < -0.39 is 0 Å². The topological polar surface area (TPSA) is 55.1 Å². The number of rotatable bonds is 6. The van der Waals surface area contributed by atoms with E-state index in [-0.39, 0.29) is 11.7 Å². The van der Waals surface area contributed by atoms with Crippen LogP contribution in [0.5, 0.6) is 0 Å². The van der Waals surface area contributed by atoms with Crippen molar-refractivity contribution < 1.29 is 9.32 Å². The largest absolute Gasteiger partial charge is 0.351 e. The zero-order valence-electron chi connectivity index (χ0n) is 14.5. The monoisotopic (exact) mass is 334 g/mol. The van der Waals surface area contributed by atoms with E-state index in [1.807, 2.05) is 49.4 Å². The molecule has 0 saturated heterocycles. The second kappa shape index (κ2) is 7.79. The van der Waals surface area contributed by atoms with E-state index in [1.165, 1.54) is 5.56 Å². The molecule has 0 bridgehead atoms. The smallest absolute Gasteiger partial charge is 0.290 e. The standard InChI is InChI=1S/C21H22N2O2/c1-15-8-6-7-11-18(15)14-22-21(24)20-13-19(23-25-20)12-16(2)17-9-4-3-5-10-17/h3-11,13,16H,12,14H2,1-2H3,(H,22,24). The van der Waals surface area contributed by atoms with Crippen molar-refractivity contribution in [3.63, 3.8) is 0 Å². The van der Waals surface area contributed by atoms with E-state index in [4.69, 9.17) is 4.52 Å². The van der Waals surface area contributed by atoms with Crippen LogP contribution in [0.25, 0.3) is 0 Å². The van der Waals surface area contributed by atoms with Crippen LogP contribution in [0.15, 0.2) is 65.2 Å². The van der Waals surface area contributed by atoms with Gasteiger partial charge >= 0.3 is 0 Å². The van der Waals surface area contributed by atoms with Crippen LogP contribution in [0.1, 0.15) is 45.8 Å². The van der Waals surface area contributed by atoms with Crippen molar-refractivity contribution in [1.29, 1.82) is 0 Å². The summed E-state index contributed by atoms with van der Waals surface area (Å²) in [6, 6.07) is 20.0. The Balaban J connectivity index is 1.59. The molecule has 1 heterocycles. The van der Waals surface area contributed by atoms with E-state index in [0.29, 0.717) is 12.5 Å². The van der Waals surface area contributed by atoms with Gasteiger partial charge in [0.2, 0.25) is 5.76 Å². The molecule has 128 valence electrons. The maximum absolute atomic E-state index is 12.3. The van der Waals surface area contributed by atoms with E-state index in [0.717, 1.165) is 23.2 Å². The molecule has 0 aliphatic carbocycles. The van der Waals surface area contributed by atoms with Crippen molar-refractivity contribution in [2.75, 3.05) is 0 Å². The molecule has 1 atom stereocenters. The highest BCUT2D eigenvalue weighted by molar-refractivity contribution is 5.91. The number of nitrogens with one attached hydrogen (secondary N) is 1. The van der Waals surface area contributed by atoms with Crippen LogP contribution < -0.4 is 5.32 Å². The zero-order chi connectivity index (χ0) is 17.6. The summed E-state index contributed by atoms with van der Waals surface area (Å²) in [4.78, 5) is 12.3. The van der Waals surface area contributed by atoms with Crippen LogP contribution in [0.2, 0.25) is 0 Å². The summed E-state index contributed by atoms with van der Waals surface area (Å²) in [5.74, 6) is 0.326. The van der Waals surface area contributed by atoms with Crippen LogP contribution in [-0.4, -0.2) is 11.1 Å². The summed E-state index contributed by atoms with van der Waals surface area (Å²) in [6.07, 6.45) is 0.735. The molecule has 0 aliphatic heterocycles. The Labute approximate surface area is 147 Å². The van der Waals surface area contributed by atoms with Crippen molar-refractivity contribution >= 4 is 5.91 Å². The average molecular weight is 334 g/mol. The average Bonchev–Trinajstić information content (AvgIpc) is 3.10. The predicted molar refractivity (Wildman–Crippen MR) is 97.4 cm³/mol. The number of carbonyl (C=O) groups excluding carboxylic acids is 1. The quantitative estimate of drug-likeness (QED) is 0.733. The molecule has 1 unspecified atom stereocenters. The number of carbonyl (C=O) groups is 1. The zero-order valence-corrected chi connectivity index (χ0v) is 14.5. The van der Waals surface area contributed by atoms with Gasteiger partial charge in [-0.15, -0.1) is 0 Å². The van der Waals surface area contributed by atoms with Gasteiger partial charge in [-0.05, 0) is 36.0 Å². The SMILES string of the molecule is Cc1ccccc1CNC(=O)c1cc(CC(C)c2ccccc2)no1. The molecule has 1 aromatic heterocycles. The predicted octanol–water partition coefficient (Wildman–Crippen LogP) is 4.26. The third-order valence-electron chi connectivity index (χ3n) is 4.37. The summed E-state index contributed by atoms with van der Waals surface area (Å²) in [6.45, 7) is 4.64. The summed E-state index contributed by atoms with van der Waals surface area (Å²) in [5, 5.41) is 6.92. The number of hydrogen-bond acceptors (Lipinski definition) is 3. The normalized spacial score (nSPS) is 11.9. The molecule has 0 saturated carbocycles. The minimum Gasteiger partial charge on any atom is -0.351 e. The maximum atomic E-state index is 12.3. The minimum absolute atomic E-state index is 0.241. The van der Waals surface area contributed by atoms with Crippen LogP contribution >= 0.6 is 0 Å². The first kappa shape index (κ1) is 17.0. The highest BCUT2D eigenvalue weighted by atomic mass is 16.5. The van der Waals surface area contributed by atoms with Gasteiger partial charge < -0.3 is 9.84 Å². The Kier molecular flexibility index (Phi) is 5.29. The molecule has 4 nitrogen and oxygen atoms in total. The van der Waals surface area contributed by atoms with Gasteiger partial charge in [-0.2, -0.15) is 0 Å². The Hall–Kier alpha value is -2.88. The molecule has 0 radical (unpaired) electrons. The Morgan fingerprint density at radius 1 is 1.12 bits per heavy atom. The van der Waals surface area contributed by atoms with Crippen LogP contribution in [-0.2, 0) is 13.0 Å². The number of hydrogen-bond donors (Lipinski definition) is 1. The van der Waals surface area contributed by atoms with Crippen LogP contribution in [0, 0.1) is 6.92 Å². The summed E-state index contributed by atoms with van der Waals surface area (Å²) < 4.78 is 5.22. The molecule has 25 heavy (non-hydrogen) atoms. The molecule has 3 aromatic rings. The second-order valence-corrected chi connectivity index (χ2v) is 6.31. The van der Waals surface area contributed by atoms with E-state index >= 15 is 0 Å². The number of aromatic nitrogens is 1. The van der Waals surface area contributed by atoms with Gasteiger partial charge in [-0.25, -0.2) is 0 Å². The van der Waals surface area contributed by atoms with Crippen molar-refractivity contribution in [1.82, 2.24) is 10.5 Å². The van der Waals surface area contributed by atoms with Crippen molar-refractivity contribution in [3.8, 4) is 0 Å². The number of benzene rings is 2. The first-order valence-electron chi connectivity index (χ1n) is 8.46. The summed E-state index contributed by atoms with van der Waals surface area (Å²) >= 11 is 0. The summed E-state index contributed by atoms with van der Waals surface area (Å²) in [7, 11) is 0. The minimum atomic E-state index is -0.241. The molecular formula is C21H22N2O2. The van der Waals surface area contributed by atoms with Crippen molar-refractivity contribution in [2.45, 2.75) is 32.7 Å². The third-order valence-corrected chi connectivity index (χ3v) is 4.37. The van der Waals surface area contributed by atoms with Gasteiger partial charge in [0.05, 0.1) is 5.69 Å². The fourth-order valence-electron chi connectivity index (χ4n) is 2.80. The molecular weight excluding hydrogens is 312 g/mol. The summed E-state index contributed by atoms with van der Waals surface area (Å²) in [5.41, 5.74) is 4.28. The van der Waals surface area contributed by atoms with Gasteiger partial charge in [-0.1, -0.05) is 66.7 Å². The molecule has 0 spiro atoms. The number of nitrogens with zero attached hydrogens (tertiary/aromatic N) is 1. The molecule has 4 heteroatoms. The first-order valence-corrected chi connectivity index (χ1v) is 8.46. The van der Waals surface area contributed by atoms with E-state index in [9.17, 15) is 4.79 Å². The highest BCUT2D eigenvalue weighted by Crippen LogP contribution is 2.20. The fourth-order valence-corrected chi connectivity index (χ4v) is 2.80. The Morgan fingerprint density at radius 3 is 2.60 bits per heavy atom. The lowest BCUT2D eigenvalue weighted by molar-refractivity contribution is 0.0914. The third kappa shape index (κ3) is 4.35. The molecule has 1 N–H and O–H groups in total. The lowest BCUT2D eigenvalue weighted by atomic mass is 9.96. The van der Waals surface area contributed by atoms with E-state index in [1.54, 1.807) is 6.07 Å². The molecule has 0 aliphatic rings. The van der Waals surface area contributed by atoms with Gasteiger partial charge in [0, 0.05) is 12.6 Å². The Bertz CT molecular complexity index is 840. The van der Waals surface area contributed by atoms with Crippen molar-refractivity contribution in [3.05, 3.63) is 88.8 Å². The maximum Gasteiger partial charge on any atom is 0.290 e. The highest BCUT2D eigenvalue weighted by Gasteiger charge is 2.15. The van der Waals surface area contributed by atoms with Crippen LogP contribution in [0.3, 0.4) is 0 Å². The molecule has 2 aromatic carbocycles. The van der Waals surface area contributed by atoms with Gasteiger partial charge in [0.25, 0.3) is 5.91 Å². The lowest BCUT2D eigenvalue weighted by Crippen LogP contribution is -2.22. The molecule has 3 rings (SSSR count). The molecule has 1 amide bonds. The molecule has 0 fully saturated rings. The van der Waals surface area contributed by atoms with Crippen LogP contribution in [0.4, 0.5) is 0 Å². The number of amides is 1. The first-order chi connectivity index (χ1) is 12.1. The van der Waals surface area contributed by atoms with Gasteiger partial charge in [0.1, 0.15) is 0 Å².